The van der Waals surface area contributed by atoms with Gasteiger partial charge in [0.1, 0.15) is 5.60 Å². The molecule has 0 fully saturated rings. The van der Waals surface area contributed by atoms with Gasteiger partial charge in [-0.1, -0.05) is 48.9 Å². The first-order valence-corrected chi connectivity index (χ1v) is 6.92. The zero-order valence-corrected chi connectivity index (χ0v) is 13.3. The molecule has 0 saturated carbocycles. The van der Waals surface area contributed by atoms with E-state index in [1.54, 1.807) is 52.0 Å². The summed E-state index contributed by atoms with van der Waals surface area (Å²) in [6.07, 6.45) is -0.873. The molecule has 0 aliphatic rings. The maximum Gasteiger partial charge on any atom is 0.409 e. The fraction of sp³-hybridized carbons (Fsp3) is 0.467. The highest BCUT2D eigenvalue weighted by molar-refractivity contribution is 6.34. The number of hydrogen-bond donors (Lipinski definition) is 2. The van der Waals surface area contributed by atoms with E-state index in [0.29, 0.717) is 5.56 Å². The van der Waals surface area contributed by atoms with Crippen LogP contribution in [0, 0.1) is 0 Å². The minimum Gasteiger partial charge on any atom is -0.479 e. The standard InChI is InChI=1S/C15H20ClNO4/c1-10(11-8-6-5-7-9-11)15(16,12(18)19)17-13(20)21-14(2,3)4/h5-10H,1-4H3,(H,17,20)(H,18,19)/t10-,15-/m0/s1. The summed E-state index contributed by atoms with van der Waals surface area (Å²) in [4.78, 5) is 21.4. The average Bonchev–Trinajstić information content (AvgIpc) is 2.36. The van der Waals surface area contributed by atoms with Crippen molar-refractivity contribution in [3.8, 4) is 0 Å². The van der Waals surface area contributed by atoms with E-state index in [2.05, 4.69) is 5.32 Å². The number of ether oxygens (including phenoxy) is 1. The molecule has 0 heterocycles. The van der Waals surface area contributed by atoms with Crippen LogP contribution in [0.4, 0.5) is 4.79 Å². The zero-order valence-electron chi connectivity index (χ0n) is 12.5. The minimum atomic E-state index is -1.98. The summed E-state index contributed by atoms with van der Waals surface area (Å²) in [6.45, 7) is 6.69. The first-order valence-electron chi connectivity index (χ1n) is 6.54. The molecule has 0 aromatic heterocycles. The summed E-state index contributed by atoms with van der Waals surface area (Å²) in [5.41, 5.74) is -0.0398. The number of benzene rings is 1. The molecule has 0 bridgehead atoms. The molecule has 1 aromatic carbocycles. The number of aliphatic carboxylic acids is 1. The average molecular weight is 314 g/mol. The molecule has 21 heavy (non-hydrogen) atoms. The van der Waals surface area contributed by atoms with E-state index in [4.69, 9.17) is 16.3 Å². The van der Waals surface area contributed by atoms with E-state index in [1.807, 2.05) is 6.07 Å². The van der Waals surface area contributed by atoms with Gasteiger partial charge in [-0.05, 0) is 26.3 Å². The van der Waals surface area contributed by atoms with Gasteiger partial charge < -0.3 is 9.84 Å². The maximum atomic E-state index is 11.8. The first-order chi connectivity index (χ1) is 9.56. The molecule has 1 aromatic rings. The highest BCUT2D eigenvalue weighted by atomic mass is 35.5. The van der Waals surface area contributed by atoms with Crippen LogP contribution in [-0.4, -0.2) is 27.8 Å². The second kappa shape index (κ2) is 6.35. The quantitative estimate of drug-likeness (QED) is 0.660. The lowest BCUT2D eigenvalue weighted by Gasteiger charge is -2.31. The topological polar surface area (TPSA) is 75.6 Å². The highest BCUT2D eigenvalue weighted by Crippen LogP contribution is 2.32. The van der Waals surface area contributed by atoms with Crippen LogP contribution >= 0.6 is 11.6 Å². The second-order valence-corrected chi connectivity index (χ2v) is 6.37. The Morgan fingerprint density at radius 1 is 1.24 bits per heavy atom. The number of halogens is 1. The molecule has 0 radical (unpaired) electrons. The van der Waals surface area contributed by atoms with Gasteiger partial charge in [0.25, 0.3) is 0 Å². The Kier molecular flexibility index (Phi) is 5.23. The van der Waals surface area contributed by atoms with Crippen LogP contribution in [-0.2, 0) is 9.53 Å². The Labute approximate surface area is 129 Å². The molecule has 0 unspecified atom stereocenters. The number of alkyl halides is 1. The summed E-state index contributed by atoms with van der Waals surface area (Å²) in [5.74, 6) is -1.99. The number of amides is 1. The Hall–Kier alpha value is -1.75. The molecule has 1 rings (SSSR count). The molecular weight excluding hydrogens is 294 g/mol. The number of nitrogens with one attached hydrogen (secondary N) is 1. The summed E-state index contributed by atoms with van der Waals surface area (Å²) >= 11 is 6.17. The summed E-state index contributed by atoms with van der Waals surface area (Å²) in [5, 5.41) is 11.7. The summed E-state index contributed by atoms with van der Waals surface area (Å²) < 4.78 is 5.07. The van der Waals surface area contributed by atoms with E-state index in [1.165, 1.54) is 0 Å². The molecule has 0 aliphatic heterocycles. The van der Waals surface area contributed by atoms with Crippen LogP contribution in [0.2, 0.25) is 0 Å². The number of carboxylic acids is 1. The van der Waals surface area contributed by atoms with Crippen LogP contribution in [0.25, 0.3) is 0 Å². The van der Waals surface area contributed by atoms with E-state index in [9.17, 15) is 14.7 Å². The Bertz CT molecular complexity index is 512. The van der Waals surface area contributed by atoms with Gasteiger partial charge in [-0.2, -0.15) is 0 Å². The summed E-state index contributed by atoms with van der Waals surface area (Å²) in [6, 6.07) is 8.87. The van der Waals surface area contributed by atoms with Crippen molar-refractivity contribution in [3.05, 3.63) is 35.9 Å². The molecule has 5 nitrogen and oxygen atoms in total. The SMILES string of the molecule is C[C@@H](c1ccccc1)[C@](Cl)(NC(=O)OC(C)(C)C)C(=O)O. The summed E-state index contributed by atoms with van der Waals surface area (Å²) in [7, 11) is 0. The van der Waals surface area contributed by atoms with Gasteiger partial charge >= 0.3 is 12.1 Å². The number of carboxylic acid groups (broad SMARTS) is 1. The molecule has 116 valence electrons. The smallest absolute Gasteiger partial charge is 0.409 e. The number of hydrogen-bond acceptors (Lipinski definition) is 3. The van der Waals surface area contributed by atoms with E-state index >= 15 is 0 Å². The molecule has 2 atom stereocenters. The van der Waals surface area contributed by atoms with Crippen LogP contribution in [0.15, 0.2) is 30.3 Å². The Balaban J connectivity index is 2.99. The molecule has 2 N–H and O–H groups in total. The molecule has 0 aliphatic carbocycles. The first kappa shape index (κ1) is 17.3. The van der Waals surface area contributed by atoms with Gasteiger partial charge in [0.2, 0.25) is 5.00 Å². The van der Waals surface area contributed by atoms with Crippen molar-refractivity contribution in [3.63, 3.8) is 0 Å². The van der Waals surface area contributed by atoms with Crippen LogP contribution in [0.5, 0.6) is 0 Å². The fourth-order valence-electron chi connectivity index (χ4n) is 1.77. The Morgan fingerprint density at radius 3 is 2.19 bits per heavy atom. The van der Waals surface area contributed by atoms with Crippen LogP contribution in [0.1, 0.15) is 39.2 Å². The van der Waals surface area contributed by atoms with Crippen molar-refractivity contribution in [2.45, 2.75) is 44.2 Å². The minimum absolute atomic E-state index is 0.648. The number of alkyl carbamates (subject to hydrolysis) is 1. The van der Waals surface area contributed by atoms with E-state index < -0.39 is 28.6 Å². The molecule has 0 spiro atoms. The van der Waals surface area contributed by atoms with Crippen LogP contribution < -0.4 is 5.32 Å². The van der Waals surface area contributed by atoms with Gasteiger partial charge in [-0.3, -0.25) is 5.32 Å². The zero-order chi connectivity index (χ0) is 16.3. The van der Waals surface area contributed by atoms with Gasteiger partial charge in [-0.25, -0.2) is 9.59 Å². The predicted molar refractivity (Wildman–Crippen MR) is 80.4 cm³/mol. The largest absolute Gasteiger partial charge is 0.479 e. The third kappa shape index (κ3) is 4.63. The van der Waals surface area contributed by atoms with Gasteiger partial charge in [0, 0.05) is 5.92 Å². The third-order valence-corrected chi connectivity index (χ3v) is 3.47. The monoisotopic (exact) mass is 313 g/mol. The van der Waals surface area contributed by atoms with Gasteiger partial charge in [0.05, 0.1) is 0 Å². The lowest BCUT2D eigenvalue weighted by Crippen LogP contribution is -2.54. The number of carbonyl (C=O) groups is 2. The van der Waals surface area contributed by atoms with E-state index in [0.717, 1.165) is 0 Å². The number of carbonyl (C=O) groups excluding carboxylic acids is 1. The number of rotatable bonds is 4. The van der Waals surface area contributed by atoms with Crippen molar-refractivity contribution in [2.75, 3.05) is 0 Å². The lowest BCUT2D eigenvalue weighted by molar-refractivity contribution is -0.141. The molecule has 1 amide bonds. The molecule has 6 heteroatoms. The maximum absolute atomic E-state index is 11.8. The van der Waals surface area contributed by atoms with Gasteiger partial charge in [0.15, 0.2) is 0 Å². The van der Waals surface area contributed by atoms with Crippen molar-refractivity contribution < 1.29 is 19.4 Å². The van der Waals surface area contributed by atoms with Crippen molar-refractivity contribution in [1.82, 2.24) is 5.32 Å². The predicted octanol–water partition coefficient (Wildman–Crippen LogP) is 3.33. The van der Waals surface area contributed by atoms with Crippen LogP contribution in [0.3, 0.4) is 0 Å². The lowest BCUT2D eigenvalue weighted by atomic mass is 9.93. The van der Waals surface area contributed by atoms with Crippen molar-refractivity contribution in [2.24, 2.45) is 0 Å². The molecular formula is C15H20ClNO4. The van der Waals surface area contributed by atoms with Crippen molar-refractivity contribution >= 4 is 23.7 Å². The molecule has 0 saturated heterocycles. The Morgan fingerprint density at radius 2 is 1.76 bits per heavy atom. The second-order valence-electron chi connectivity index (χ2n) is 5.78. The normalized spacial score (nSPS) is 15.7. The van der Waals surface area contributed by atoms with Crippen molar-refractivity contribution in [1.29, 1.82) is 0 Å². The van der Waals surface area contributed by atoms with Gasteiger partial charge in [-0.15, -0.1) is 0 Å². The van der Waals surface area contributed by atoms with E-state index in [-0.39, 0.29) is 0 Å². The third-order valence-electron chi connectivity index (χ3n) is 2.89. The fourth-order valence-corrected chi connectivity index (χ4v) is 1.97. The highest BCUT2D eigenvalue weighted by Gasteiger charge is 2.45.